The Balaban J connectivity index is 1.84. The highest BCUT2D eigenvalue weighted by Crippen LogP contribution is 2.51. The summed E-state index contributed by atoms with van der Waals surface area (Å²) in [5.74, 6) is 0.517. The van der Waals surface area contributed by atoms with Crippen LogP contribution in [0.1, 0.15) is 37.7 Å². The maximum Gasteiger partial charge on any atom is 0.311 e. The number of rotatable bonds is 6. The summed E-state index contributed by atoms with van der Waals surface area (Å²) in [4.78, 5) is 10.5. The van der Waals surface area contributed by atoms with Crippen LogP contribution in [-0.2, 0) is 17.6 Å². The van der Waals surface area contributed by atoms with Gasteiger partial charge in [-0.3, -0.25) is 4.79 Å². The minimum atomic E-state index is -0.860. The number of hydrogen-bond acceptors (Lipinski definition) is 2. The molecule has 92 valence electrons. The van der Waals surface area contributed by atoms with Crippen molar-refractivity contribution >= 4 is 5.97 Å². The number of carboxylic acids is 1. The minimum absolute atomic E-state index is 0.0430. The average Bonchev–Trinajstić information content (AvgIpc) is 2.86. The number of furan rings is 1. The number of carboxylic acid groups (broad SMARTS) is 1. The van der Waals surface area contributed by atoms with Crippen molar-refractivity contribution in [1.82, 2.24) is 0 Å². The predicted octanol–water partition coefficient (Wildman–Crippen LogP) is 3.20. The second-order valence-electron chi connectivity index (χ2n) is 5.10. The van der Waals surface area contributed by atoms with Crippen molar-refractivity contribution in [3.8, 4) is 0 Å². The topological polar surface area (TPSA) is 50.4 Å². The van der Waals surface area contributed by atoms with Crippen LogP contribution in [-0.4, -0.2) is 11.1 Å². The van der Waals surface area contributed by atoms with Crippen LogP contribution < -0.4 is 0 Å². The Labute approximate surface area is 101 Å². The van der Waals surface area contributed by atoms with Gasteiger partial charge in [0, 0.05) is 6.42 Å². The molecular formula is C14H18O3. The molecule has 0 amide bonds. The van der Waals surface area contributed by atoms with Crippen molar-refractivity contribution in [1.29, 1.82) is 0 Å². The summed E-state index contributed by atoms with van der Waals surface area (Å²) in [6.45, 7) is 6.37. The fourth-order valence-corrected chi connectivity index (χ4v) is 1.92. The molecule has 1 aliphatic rings. The molecule has 0 radical (unpaired) electrons. The molecule has 0 atom stereocenters. The van der Waals surface area contributed by atoms with Gasteiger partial charge in [-0.1, -0.05) is 19.1 Å². The first-order valence-electron chi connectivity index (χ1n) is 5.97. The van der Waals surface area contributed by atoms with Crippen LogP contribution in [0.3, 0.4) is 0 Å². The Bertz CT molecular complexity index is 438. The number of hydrogen-bond donors (Lipinski definition) is 1. The lowest BCUT2D eigenvalue weighted by Gasteiger charge is -2.11. The van der Waals surface area contributed by atoms with E-state index in [1.165, 1.54) is 18.4 Å². The summed E-state index contributed by atoms with van der Waals surface area (Å²) in [5.41, 5.74) is 1.64. The smallest absolute Gasteiger partial charge is 0.311 e. The Morgan fingerprint density at radius 3 is 2.71 bits per heavy atom. The number of allylic oxidation sites excluding steroid dienone is 1. The fourth-order valence-electron chi connectivity index (χ4n) is 1.92. The van der Waals surface area contributed by atoms with Gasteiger partial charge < -0.3 is 9.52 Å². The SMILES string of the molecule is C=C(CCc1ccc(CC(=O)O)o1)C1(C)CC1. The van der Waals surface area contributed by atoms with E-state index in [4.69, 9.17) is 9.52 Å². The highest BCUT2D eigenvalue weighted by molar-refractivity contribution is 5.69. The van der Waals surface area contributed by atoms with E-state index in [2.05, 4.69) is 13.5 Å². The largest absolute Gasteiger partial charge is 0.481 e. The minimum Gasteiger partial charge on any atom is -0.481 e. The second kappa shape index (κ2) is 4.40. The zero-order valence-electron chi connectivity index (χ0n) is 10.2. The van der Waals surface area contributed by atoms with E-state index in [0.717, 1.165) is 18.6 Å². The molecule has 0 spiro atoms. The first kappa shape index (κ1) is 12.0. The van der Waals surface area contributed by atoms with Gasteiger partial charge >= 0.3 is 5.97 Å². The molecule has 3 heteroatoms. The first-order chi connectivity index (χ1) is 7.99. The van der Waals surface area contributed by atoms with Gasteiger partial charge in [0.1, 0.15) is 17.9 Å². The van der Waals surface area contributed by atoms with Gasteiger partial charge in [0.05, 0.1) is 0 Å². The zero-order valence-corrected chi connectivity index (χ0v) is 10.2. The van der Waals surface area contributed by atoms with E-state index in [0.29, 0.717) is 11.2 Å². The van der Waals surface area contributed by atoms with Gasteiger partial charge in [0.2, 0.25) is 0 Å². The fraction of sp³-hybridized carbons (Fsp3) is 0.500. The van der Waals surface area contributed by atoms with Crippen LogP contribution in [0.25, 0.3) is 0 Å². The van der Waals surface area contributed by atoms with Crippen molar-refractivity contribution < 1.29 is 14.3 Å². The van der Waals surface area contributed by atoms with Crippen LogP contribution in [0.2, 0.25) is 0 Å². The highest BCUT2D eigenvalue weighted by atomic mass is 16.4. The van der Waals surface area contributed by atoms with Crippen LogP contribution in [0.4, 0.5) is 0 Å². The summed E-state index contributed by atoms with van der Waals surface area (Å²) < 4.78 is 5.46. The molecule has 0 unspecified atom stereocenters. The maximum absolute atomic E-state index is 10.5. The Morgan fingerprint density at radius 2 is 2.12 bits per heavy atom. The molecule has 1 aliphatic carbocycles. The molecule has 1 aromatic heterocycles. The maximum atomic E-state index is 10.5. The summed E-state index contributed by atoms with van der Waals surface area (Å²) in [5, 5.41) is 8.64. The molecule has 17 heavy (non-hydrogen) atoms. The standard InChI is InChI=1S/C14H18O3/c1-10(14(2)7-8-14)3-4-11-5-6-12(17-11)9-13(15)16/h5-6H,1,3-4,7-9H2,2H3,(H,15,16). The molecule has 0 bridgehead atoms. The van der Waals surface area contributed by atoms with Gasteiger partial charge in [-0.2, -0.15) is 0 Å². The second-order valence-corrected chi connectivity index (χ2v) is 5.10. The lowest BCUT2D eigenvalue weighted by Crippen LogP contribution is -1.99. The molecular weight excluding hydrogens is 216 g/mol. The monoisotopic (exact) mass is 234 g/mol. The van der Waals surface area contributed by atoms with Crippen LogP contribution in [0.15, 0.2) is 28.7 Å². The number of aryl methyl sites for hydroxylation is 1. The third-order valence-corrected chi connectivity index (χ3v) is 3.57. The first-order valence-corrected chi connectivity index (χ1v) is 5.97. The molecule has 0 aliphatic heterocycles. The molecule has 3 nitrogen and oxygen atoms in total. The summed E-state index contributed by atoms with van der Waals surface area (Å²) in [7, 11) is 0. The van der Waals surface area contributed by atoms with Gasteiger partial charge in [0.15, 0.2) is 0 Å². The van der Waals surface area contributed by atoms with E-state index in [9.17, 15) is 4.79 Å². The summed E-state index contributed by atoms with van der Waals surface area (Å²) in [6, 6.07) is 3.60. The normalized spacial score (nSPS) is 16.8. The lowest BCUT2D eigenvalue weighted by molar-refractivity contribution is -0.136. The van der Waals surface area contributed by atoms with Crippen LogP contribution in [0, 0.1) is 5.41 Å². The van der Waals surface area contributed by atoms with Crippen molar-refractivity contribution in [3.63, 3.8) is 0 Å². The Hall–Kier alpha value is -1.51. The quantitative estimate of drug-likeness (QED) is 0.769. The van der Waals surface area contributed by atoms with Gasteiger partial charge in [0.25, 0.3) is 0 Å². The van der Waals surface area contributed by atoms with Crippen molar-refractivity contribution in [2.24, 2.45) is 5.41 Å². The Morgan fingerprint density at radius 1 is 1.47 bits per heavy atom. The van der Waals surface area contributed by atoms with Crippen LogP contribution in [0.5, 0.6) is 0 Å². The van der Waals surface area contributed by atoms with Crippen LogP contribution >= 0.6 is 0 Å². The molecule has 1 N–H and O–H groups in total. The van der Waals surface area contributed by atoms with E-state index in [1.807, 2.05) is 6.07 Å². The van der Waals surface area contributed by atoms with E-state index < -0.39 is 5.97 Å². The molecule has 1 saturated carbocycles. The Kier molecular flexibility index (Phi) is 3.09. The van der Waals surface area contributed by atoms with Gasteiger partial charge in [-0.25, -0.2) is 0 Å². The third-order valence-electron chi connectivity index (χ3n) is 3.57. The number of aliphatic carboxylic acids is 1. The van der Waals surface area contributed by atoms with Crippen molar-refractivity contribution in [2.75, 3.05) is 0 Å². The molecule has 0 saturated heterocycles. The van der Waals surface area contributed by atoms with Gasteiger partial charge in [-0.05, 0) is 36.8 Å². The molecule has 1 heterocycles. The van der Waals surface area contributed by atoms with Crippen molar-refractivity contribution in [3.05, 3.63) is 35.8 Å². The van der Waals surface area contributed by atoms with E-state index >= 15 is 0 Å². The van der Waals surface area contributed by atoms with E-state index in [-0.39, 0.29) is 6.42 Å². The van der Waals surface area contributed by atoms with E-state index in [1.54, 1.807) is 6.07 Å². The summed E-state index contributed by atoms with van der Waals surface area (Å²) >= 11 is 0. The average molecular weight is 234 g/mol. The lowest BCUT2D eigenvalue weighted by atomic mass is 9.95. The number of carbonyl (C=O) groups is 1. The van der Waals surface area contributed by atoms with Crippen molar-refractivity contribution in [2.45, 2.75) is 39.0 Å². The summed E-state index contributed by atoms with van der Waals surface area (Å²) in [6.07, 6.45) is 4.19. The third kappa shape index (κ3) is 2.99. The zero-order chi connectivity index (χ0) is 12.5. The molecule has 1 fully saturated rings. The molecule has 2 rings (SSSR count). The molecule has 1 aromatic rings. The van der Waals surface area contributed by atoms with Gasteiger partial charge in [-0.15, -0.1) is 0 Å². The predicted molar refractivity (Wildman–Crippen MR) is 64.8 cm³/mol. The highest BCUT2D eigenvalue weighted by Gasteiger charge is 2.39. The molecule has 0 aromatic carbocycles.